The molecule has 0 radical (unpaired) electrons. The van der Waals surface area contributed by atoms with Crippen LogP contribution in [0.2, 0.25) is 0 Å². The Morgan fingerprint density at radius 2 is 2.33 bits per heavy atom. The van der Waals surface area contributed by atoms with E-state index in [1.54, 1.807) is 12.1 Å². The fourth-order valence-corrected chi connectivity index (χ4v) is 2.88. The lowest BCUT2D eigenvalue weighted by molar-refractivity contribution is -0.138. The fourth-order valence-electron chi connectivity index (χ4n) is 1.66. The van der Waals surface area contributed by atoms with E-state index in [0.717, 1.165) is 5.56 Å². The zero-order valence-corrected chi connectivity index (χ0v) is 9.99. The van der Waals surface area contributed by atoms with Crippen LogP contribution in [-0.4, -0.2) is 29.5 Å². The molecule has 0 aromatic heterocycles. The van der Waals surface area contributed by atoms with Crippen LogP contribution in [0.5, 0.6) is 5.75 Å². The van der Waals surface area contributed by atoms with Gasteiger partial charge in [-0.05, 0) is 17.7 Å². The molecule has 1 unspecified atom stereocenters. The number of rotatable bonds is 4. The molecule has 18 heavy (non-hydrogen) atoms. The van der Waals surface area contributed by atoms with Crippen LogP contribution < -0.4 is 10.1 Å². The highest BCUT2D eigenvalue weighted by Gasteiger charge is 2.30. The summed E-state index contributed by atoms with van der Waals surface area (Å²) in [6.07, 6.45) is 0. The molecule has 0 aliphatic carbocycles. The van der Waals surface area contributed by atoms with Crippen molar-refractivity contribution in [1.29, 1.82) is 0 Å². The van der Waals surface area contributed by atoms with Crippen LogP contribution in [0.15, 0.2) is 24.3 Å². The van der Waals surface area contributed by atoms with Crippen molar-refractivity contribution in [2.45, 2.75) is 18.0 Å². The number of nitrogens with one attached hydrogen (secondary N) is 1. The second-order valence-corrected chi connectivity index (χ2v) is 4.86. The molecule has 1 heterocycles. The minimum Gasteiger partial charge on any atom is -0.480 e. The number of hydrogen-bond acceptors (Lipinski definition) is 4. The van der Waals surface area contributed by atoms with Gasteiger partial charge in [0.2, 0.25) is 0 Å². The molecule has 1 fully saturated rings. The van der Waals surface area contributed by atoms with Gasteiger partial charge in [-0.25, -0.2) is 0 Å². The zero-order chi connectivity index (χ0) is 13.1. The number of benzene rings is 1. The number of carbonyl (C=O) groups is 1. The molecule has 1 aliphatic rings. The van der Waals surface area contributed by atoms with Crippen molar-refractivity contribution in [2.24, 2.45) is 0 Å². The second-order valence-electron chi connectivity index (χ2n) is 3.72. The molecule has 0 spiro atoms. The topological polar surface area (TPSA) is 58.6 Å². The van der Waals surface area contributed by atoms with Gasteiger partial charge in [0.1, 0.15) is 11.8 Å². The van der Waals surface area contributed by atoms with Gasteiger partial charge in [0.05, 0.1) is 5.37 Å². The minimum atomic E-state index is -2.86. The van der Waals surface area contributed by atoms with Gasteiger partial charge in [0.15, 0.2) is 0 Å². The third-order valence-electron chi connectivity index (χ3n) is 2.47. The van der Waals surface area contributed by atoms with E-state index >= 15 is 0 Å². The molecule has 1 aromatic carbocycles. The van der Waals surface area contributed by atoms with Gasteiger partial charge in [0.25, 0.3) is 0 Å². The lowest BCUT2D eigenvalue weighted by atomic mass is 10.2. The first-order valence-electron chi connectivity index (χ1n) is 5.21. The molecule has 2 rings (SSSR count). The van der Waals surface area contributed by atoms with Crippen LogP contribution in [-0.2, 0) is 4.79 Å². The molecular weight excluding hydrogens is 264 g/mol. The summed E-state index contributed by atoms with van der Waals surface area (Å²) in [6, 6.07) is 5.65. The molecule has 98 valence electrons. The molecular formula is C11H11F2NO3S. The molecule has 0 amide bonds. The largest absolute Gasteiger partial charge is 0.480 e. The van der Waals surface area contributed by atoms with Crippen molar-refractivity contribution >= 4 is 17.7 Å². The number of alkyl halides is 2. The predicted octanol–water partition coefficient (Wildman–Crippen LogP) is 2.08. The van der Waals surface area contributed by atoms with Crippen molar-refractivity contribution in [2.75, 3.05) is 5.75 Å². The van der Waals surface area contributed by atoms with Crippen molar-refractivity contribution in [3.63, 3.8) is 0 Å². The Bertz CT molecular complexity index is 444. The summed E-state index contributed by atoms with van der Waals surface area (Å²) in [4.78, 5) is 10.8. The predicted molar refractivity (Wildman–Crippen MR) is 62.8 cm³/mol. The van der Waals surface area contributed by atoms with Crippen LogP contribution in [0.1, 0.15) is 10.9 Å². The van der Waals surface area contributed by atoms with E-state index in [4.69, 9.17) is 5.11 Å². The highest BCUT2D eigenvalue weighted by Crippen LogP contribution is 2.34. The zero-order valence-electron chi connectivity index (χ0n) is 9.18. The van der Waals surface area contributed by atoms with Gasteiger partial charge in [0, 0.05) is 5.75 Å². The Hall–Kier alpha value is -1.34. The number of aliphatic carboxylic acids is 1. The molecule has 1 aliphatic heterocycles. The van der Waals surface area contributed by atoms with E-state index < -0.39 is 18.6 Å². The summed E-state index contributed by atoms with van der Waals surface area (Å²) in [6.45, 7) is -2.86. The fraction of sp³-hybridized carbons (Fsp3) is 0.364. The maximum atomic E-state index is 12.1. The second kappa shape index (κ2) is 5.53. The Kier molecular flexibility index (Phi) is 4.03. The maximum absolute atomic E-state index is 12.1. The molecule has 7 heteroatoms. The maximum Gasteiger partial charge on any atom is 0.387 e. The smallest absolute Gasteiger partial charge is 0.387 e. The summed E-state index contributed by atoms with van der Waals surface area (Å²) in [5, 5.41) is 11.5. The van der Waals surface area contributed by atoms with Crippen molar-refractivity contribution in [1.82, 2.24) is 5.32 Å². The third-order valence-corrected chi connectivity index (χ3v) is 3.73. The summed E-state index contributed by atoms with van der Waals surface area (Å²) >= 11 is 1.42. The molecule has 2 N–H and O–H groups in total. The summed E-state index contributed by atoms with van der Waals surface area (Å²) in [5.74, 6) is -0.395. The third kappa shape index (κ3) is 3.11. The SMILES string of the molecule is O=C(O)[C@@H]1CSC(c2cccc(OC(F)F)c2)N1. The number of thioether (sulfide) groups is 1. The molecule has 1 aromatic rings. The van der Waals surface area contributed by atoms with E-state index in [-0.39, 0.29) is 11.1 Å². The van der Waals surface area contributed by atoms with Crippen molar-refractivity contribution in [3.05, 3.63) is 29.8 Å². The van der Waals surface area contributed by atoms with Crippen LogP contribution in [0.25, 0.3) is 0 Å². The first kappa shape index (κ1) is 13.1. The van der Waals surface area contributed by atoms with E-state index in [1.807, 2.05) is 0 Å². The van der Waals surface area contributed by atoms with Gasteiger partial charge >= 0.3 is 12.6 Å². The Morgan fingerprint density at radius 1 is 1.56 bits per heavy atom. The number of hydrogen-bond donors (Lipinski definition) is 2. The number of halogens is 2. The minimum absolute atomic E-state index is 0.0728. The molecule has 2 atom stereocenters. The summed E-state index contributed by atoms with van der Waals surface area (Å²) < 4.78 is 28.5. The van der Waals surface area contributed by atoms with Gasteiger partial charge in [-0.15, -0.1) is 11.8 Å². The van der Waals surface area contributed by atoms with Crippen LogP contribution in [0.4, 0.5) is 8.78 Å². The normalized spacial score (nSPS) is 23.3. The average Bonchev–Trinajstić information content (AvgIpc) is 2.77. The van der Waals surface area contributed by atoms with Crippen LogP contribution in [0.3, 0.4) is 0 Å². The van der Waals surface area contributed by atoms with Crippen LogP contribution in [0, 0.1) is 0 Å². The number of carboxylic acid groups (broad SMARTS) is 1. The van der Waals surface area contributed by atoms with Gasteiger partial charge < -0.3 is 9.84 Å². The van der Waals surface area contributed by atoms with Crippen LogP contribution >= 0.6 is 11.8 Å². The lowest BCUT2D eigenvalue weighted by Crippen LogP contribution is -2.33. The summed E-state index contributed by atoms with van der Waals surface area (Å²) in [5.41, 5.74) is 0.724. The number of carboxylic acids is 1. The molecule has 0 saturated carbocycles. The van der Waals surface area contributed by atoms with E-state index in [9.17, 15) is 13.6 Å². The Balaban J connectivity index is 2.07. The standard InChI is InChI=1S/C11H11F2NO3S/c12-11(13)17-7-3-1-2-6(4-7)9-14-8(5-18-9)10(15)16/h1-4,8-9,11,14H,5H2,(H,15,16)/t8-,9?/m0/s1. The van der Waals surface area contributed by atoms with E-state index in [0.29, 0.717) is 5.75 Å². The number of ether oxygens (including phenoxy) is 1. The van der Waals surface area contributed by atoms with Crippen molar-refractivity contribution in [3.8, 4) is 5.75 Å². The van der Waals surface area contributed by atoms with Gasteiger partial charge in [-0.2, -0.15) is 8.78 Å². The Labute approximate surface area is 106 Å². The monoisotopic (exact) mass is 275 g/mol. The highest BCUT2D eigenvalue weighted by molar-refractivity contribution is 7.99. The van der Waals surface area contributed by atoms with Gasteiger partial charge in [-0.1, -0.05) is 12.1 Å². The van der Waals surface area contributed by atoms with Gasteiger partial charge in [-0.3, -0.25) is 10.1 Å². The summed E-state index contributed by atoms with van der Waals surface area (Å²) in [7, 11) is 0. The lowest BCUT2D eigenvalue weighted by Gasteiger charge is -2.12. The van der Waals surface area contributed by atoms with E-state index in [1.165, 1.54) is 23.9 Å². The van der Waals surface area contributed by atoms with Crippen molar-refractivity contribution < 1.29 is 23.4 Å². The molecule has 0 bridgehead atoms. The highest BCUT2D eigenvalue weighted by atomic mass is 32.2. The Morgan fingerprint density at radius 3 is 2.94 bits per heavy atom. The quantitative estimate of drug-likeness (QED) is 0.881. The molecule has 4 nitrogen and oxygen atoms in total. The average molecular weight is 275 g/mol. The first-order valence-corrected chi connectivity index (χ1v) is 6.26. The first-order chi connectivity index (χ1) is 8.56. The molecule has 1 saturated heterocycles. The van der Waals surface area contributed by atoms with E-state index in [2.05, 4.69) is 10.1 Å².